The number of amides is 2. The largest absolute Gasteiger partial charge is 0.296 e. The summed E-state index contributed by atoms with van der Waals surface area (Å²) in [4.78, 5) is 21.6. The van der Waals surface area contributed by atoms with E-state index in [0.29, 0.717) is 6.42 Å². The highest BCUT2D eigenvalue weighted by atomic mass is 127. The summed E-state index contributed by atoms with van der Waals surface area (Å²) < 4.78 is 1.05. The van der Waals surface area contributed by atoms with Gasteiger partial charge in [-0.05, 0) is 17.3 Å². The zero-order valence-corrected chi connectivity index (χ0v) is 8.26. The van der Waals surface area contributed by atoms with Gasteiger partial charge in [-0.3, -0.25) is 14.9 Å². The quantitative estimate of drug-likeness (QED) is 0.468. The zero-order valence-electron chi connectivity index (χ0n) is 6.10. The van der Waals surface area contributed by atoms with Crippen LogP contribution in [0.4, 0.5) is 0 Å². The molecule has 0 aliphatic carbocycles. The number of halogens is 1. The lowest BCUT2D eigenvalue weighted by molar-refractivity contribution is -0.125. The lowest BCUT2D eigenvalue weighted by atomic mass is 10.0. The van der Waals surface area contributed by atoms with Crippen molar-refractivity contribution in [3.05, 3.63) is 0 Å². The Balaban J connectivity index is 2.34. The number of carbonyl (C=O) groups excluding carboxylic acids is 2. The van der Waals surface area contributed by atoms with Crippen molar-refractivity contribution in [3.8, 4) is 0 Å². The fourth-order valence-corrected chi connectivity index (χ4v) is 1.60. The highest BCUT2D eigenvalue weighted by Crippen LogP contribution is 2.17. The van der Waals surface area contributed by atoms with Gasteiger partial charge in [-0.15, -0.1) is 0 Å². The smallest absolute Gasteiger partial charge is 0.230 e. The van der Waals surface area contributed by atoms with Crippen molar-refractivity contribution in [2.45, 2.75) is 19.3 Å². The van der Waals surface area contributed by atoms with Gasteiger partial charge in [0.25, 0.3) is 0 Å². The number of imide groups is 1. The molecule has 0 spiro atoms. The van der Waals surface area contributed by atoms with E-state index in [4.69, 9.17) is 0 Å². The molecule has 0 saturated carbocycles. The molecule has 1 atom stereocenters. The van der Waals surface area contributed by atoms with Crippen LogP contribution in [0.2, 0.25) is 0 Å². The van der Waals surface area contributed by atoms with Crippen molar-refractivity contribution in [2.24, 2.45) is 5.92 Å². The first-order chi connectivity index (χ1) is 5.24. The van der Waals surface area contributed by atoms with Gasteiger partial charge in [0.05, 0.1) is 0 Å². The van der Waals surface area contributed by atoms with Gasteiger partial charge in [0.1, 0.15) is 0 Å². The third-order valence-corrected chi connectivity index (χ3v) is 2.51. The van der Waals surface area contributed by atoms with E-state index in [1.807, 2.05) is 0 Å². The number of carbonyl (C=O) groups is 2. The molecule has 0 unspecified atom stereocenters. The predicted molar refractivity (Wildman–Crippen MR) is 49.4 cm³/mol. The van der Waals surface area contributed by atoms with Gasteiger partial charge in [0.2, 0.25) is 11.8 Å². The van der Waals surface area contributed by atoms with Crippen LogP contribution in [0, 0.1) is 5.92 Å². The van der Waals surface area contributed by atoms with Crippen molar-refractivity contribution < 1.29 is 9.59 Å². The number of nitrogens with one attached hydrogen (secondary N) is 1. The molecule has 1 rings (SSSR count). The molecule has 0 bridgehead atoms. The first-order valence-corrected chi connectivity index (χ1v) is 5.16. The normalized spacial score (nSPS) is 23.9. The monoisotopic (exact) mass is 267 g/mol. The molecular formula is C7H10INO2. The van der Waals surface area contributed by atoms with Crippen LogP contribution < -0.4 is 5.32 Å². The van der Waals surface area contributed by atoms with Crippen LogP contribution in [0.3, 0.4) is 0 Å². The Morgan fingerprint density at radius 3 is 2.73 bits per heavy atom. The molecule has 4 heteroatoms. The van der Waals surface area contributed by atoms with E-state index in [9.17, 15) is 9.59 Å². The fraction of sp³-hybridized carbons (Fsp3) is 0.714. The molecule has 0 aromatic rings. The summed E-state index contributed by atoms with van der Waals surface area (Å²) in [5, 5.41) is 2.30. The number of rotatable bonds is 3. The third kappa shape index (κ3) is 2.43. The molecule has 0 radical (unpaired) electrons. The Kier molecular flexibility index (Phi) is 3.29. The maximum absolute atomic E-state index is 11.0. The first kappa shape index (κ1) is 8.96. The highest BCUT2D eigenvalue weighted by molar-refractivity contribution is 14.1. The maximum Gasteiger partial charge on any atom is 0.230 e. The van der Waals surface area contributed by atoms with Gasteiger partial charge in [-0.25, -0.2) is 0 Å². The van der Waals surface area contributed by atoms with Gasteiger partial charge < -0.3 is 0 Å². The minimum atomic E-state index is -0.117. The van der Waals surface area contributed by atoms with Crippen molar-refractivity contribution in [3.63, 3.8) is 0 Å². The average molecular weight is 267 g/mol. The topological polar surface area (TPSA) is 46.2 Å². The Morgan fingerprint density at radius 1 is 1.55 bits per heavy atom. The van der Waals surface area contributed by atoms with Crippen molar-refractivity contribution in [2.75, 3.05) is 4.43 Å². The molecule has 1 aliphatic heterocycles. The zero-order chi connectivity index (χ0) is 8.27. The van der Waals surface area contributed by atoms with Gasteiger partial charge in [0.15, 0.2) is 0 Å². The van der Waals surface area contributed by atoms with Crippen LogP contribution in [-0.2, 0) is 9.59 Å². The Bertz CT molecular complexity index is 181. The molecule has 0 aromatic heterocycles. The Labute approximate surface area is 79.1 Å². The second-order valence-corrected chi connectivity index (χ2v) is 3.72. The van der Waals surface area contributed by atoms with Crippen LogP contribution >= 0.6 is 22.6 Å². The van der Waals surface area contributed by atoms with Crippen molar-refractivity contribution >= 4 is 34.4 Å². The molecule has 1 saturated heterocycles. The predicted octanol–water partition coefficient (Wildman–Crippen LogP) is 0.864. The number of alkyl halides is 1. The van der Waals surface area contributed by atoms with E-state index in [0.717, 1.165) is 17.3 Å². The lowest BCUT2D eigenvalue weighted by Gasteiger charge is -2.01. The minimum Gasteiger partial charge on any atom is -0.296 e. The summed E-state index contributed by atoms with van der Waals surface area (Å²) >= 11 is 2.27. The van der Waals surface area contributed by atoms with Crippen LogP contribution in [0.15, 0.2) is 0 Å². The summed E-state index contributed by atoms with van der Waals surface area (Å²) in [5.74, 6) is -0.245. The maximum atomic E-state index is 11.0. The van der Waals surface area contributed by atoms with Crippen molar-refractivity contribution in [1.29, 1.82) is 0 Å². The minimum absolute atomic E-state index is 0.0442. The summed E-state index contributed by atoms with van der Waals surface area (Å²) in [5.41, 5.74) is 0. The van der Waals surface area contributed by atoms with E-state index >= 15 is 0 Å². The summed E-state index contributed by atoms with van der Waals surface area (Å²) in [6.45, 7) is 0. The van der Waals surface area contributed by atoms with Crippen molar-refractivity contribution in [1.82, 2.24) is 5.32 Å². The second kappa shape index (κ2) is 4.04. The Hall–Kier alpha value is -0.130. The Morgan fingerprint density at radius 2 is 2.27 bits per heavy atom. The van der Waals surface area contributed by atoms with E-state index in [1.165, 1.54) is 0 Å². The molecular weight excluding hydrogens is 257 g/mol. The average Bonchev–Trinajstić information content (AvgIpc) is 2.26. The number of hydrogen-bond acceptors (Lipinski definition) is 2. The molecule has 1 N–H and O–H groups in total. The molecule has 1 fully saturated rings. The van der Waals surface area contributed by atoms with Crippen LogP contribution in [0.25, 0.3) is 0 Å². The SMILES string of the molecule is O=C1C[C@H](CCCI)C(=O)N1. The fourth-order valence-electron chi connectivity index (χ4n) is 1.16. The first-order valence-electron chi connectivity index (χ1n) is 3.63. The standard InChI is InChI=1S/C7H10INO2/c8-3-1-2-5-4-6(10)9-7(5)11/h5H,1-4H2,(H,9,10,11)/t5-/m0/s1. The summed E-state index contributed by atoms with van der Waals surface area (Å²) in [6.07, 6.45) is 2.27. The van der Waals surface area contributed by atoms with Crippen LogP contribution in [0.5, 0.6) is 0 Å². The second-order valence-electron chi connectivity index (χ2n) is 2.64. The molecule has 2 amide bonds. The van der Waals surface area contributed by atoms with Gasteiger partial charge >= 0.3 is 0 Å². The lowest BCUT2D eigenvalue weighted by Crippen LogP contribution is -2.22. The number of hydrogen-bond donors (Lipinski definition) is 1. The summed E-state index contributed by atoms with van der Waals surface area (Å²) in [6, 6.07) is 0. The molecule has 3 nitrogen and oxygen atoms in total. The highest BCUT2D eigenvalue weighted by Gasteiger charge is 2.29. The van der Waals surface area contributed by atoms with Gasteiger partial charge in [-0.1, -0.05) is 22.6 Å². The third-order valence-electron chi connectivity index (χ3n) is 1.75. The van der Waals surface area contributed by atoms with Crippen LogP contribution in [0.1, 0.15) is 19.3 Å². The molecule has 62 valence electrons. The van der Waals surface area contributed by atoms with Gasteiger partial charge in [-0.2, -0.15) is 0 Å². The molecule has 1 heterocycles. The summed E-state index contributed by atoms with van der Waals surface area (Å²) in [7, 11) is 0. The van der Waals surface area contributed by atoms with E-state index in [2.05, 4.69) is 27.9 Å². The molecule has 11 heavy (non-hydrogen) atoms. The molecule has 0 aromatic carbocycles. The molecule has 1 aliphatic rings. The van der Waals surface area contributed by atoms with Gasteiger partial charge in [0, 0.05) is 12.3 Å². The van der Waals surface area contributed by atoms with Crippen LogP contribution in [-0.4, -0.2) is 16.2 Å². The van der Waals surface area contributed by atoms with E-state index < -0.39 is 0 Å². The van der Waals surface area contributed by atoms with E-state index in [-0.39, 0.29) is 17.7 Å². The van der Waals surface area contributed by atoms with E-state index in [1.54, 1.807) is 0 Å².